The van der Waals surface area contributed by atoms with Crippen LogP contribution in [0.2, 0.25) is 0 Å². The van der Waals surface area contributed by atoms with Crippen LogP contribution in [0.15, 0.2) is 29.5 Å². The summed E-state index contributed by atoms with van der Waals surface area (Å²) >= 11 is 0. The maximum Gasteiger partial charge on any atom is 0.289 e. The highest BCUT2D eigenvalue weighted by molar-refractivity contribution is 4.96. The number of halogens is 1. The molecule has 13 heavy (non-hydrogen) atoms. The van der Waals surface area contributed by atoms with Crippen molar-refractivity contribution in [1.82, 2.24) is 9.55 Å². The van der Waals surface area contributed by atoms with Gasteiger partial charge in [0.2, 0.25) is 5.82 Å². The molecule has 0 radical (unpaired) electrons. The zero-order chi connectivity index (χ0) is 9.84. The number of aromatic nitrogens is 2. The molecule has 0 amide bonds. The van der Waals surface area contributed by atoms with Gasteiger partial charge in [0.15, 0.2) is 0 Å². The summed E-state index contributed by atoms with van der Waals surface area (Å²) < 4.78 is 13.9. The summed E-state index contributed by atoms with van der Waals surface area (Å²) in [6, 6.07) is 0. The lowest BCUT2D eigenvalue weighted by Gasteiger charge is -2.04. The van der Waals surface area contributed by atoms with Gasteiger partial charge in [-0.3, -0.25) is 9.36 Å². The van der Waals surface area contributed by atoms with Gasteiger partial charge in [-0.15, -0.1) is 0 Å². The molecule has 3 nitrogen and oxygen atoms in total. The molecule has 0 aromatic carbocycles. The van der Waals surface area contributed by atoms with Crippen LogP contribution in [0, 0.1) is 5.82 Å². The van der Waals surface area contributed by atoms with Gasteiger partial charge in [0.1, 0.15) is 0 Å². The van der Waals surface area contributed by atoms with E-state index in [0.29, 0.717) is 6.54 Å². The van der Waals surface area contributed by atoms with Gasteiger partial charge in [-0.1, -0.05) is 19.1 Å². The monoisotopic (exact) mass is 182 g/mol. The van der Waals surface area contributed by atoms with Crippen molar-refractivity contribution in [3.63, 3.8) is 0 Å². The van der Waals surface area contributed by atoms with E-state index in [0.717, 1.165) is 18.2 Å². The first-order valence-corrected chi connectivity index (χ1v) is 4.01. The molecule has 0 N–H and O–H groups in total. The van der Waals surface area contributed by atoms with Gasteiger partial charge in [0.05, 0.1) is 12.5 Å². The molecule has 0 unspecified atom stereocenters. The van der Waals surface area contributed by atoms with E-state index in [2.05, 4.69) is 11.6 Å². The second-order valence-electron chi connectivity index (χ2n) is 2.78. The van der Waals surface area contributed by atoms with Gasteiger partial charge in [0.25, 0.3) is 5.56 Å². The Bertz CT molecular complexity index is 370. The Kier molecular flexibility index (Phi) is 2.95. The average Bonchev–Trinajstić information content (AvgIpc) is 2.13. The van der Waals surface area contributed by atoms with Crippen molar-refractivity contribution < 1.29 is 4.39 Å². The molecule has 0 aliphatic heterocycles. The molecule has 1 aromatic heterocycles. The summed E-state index contributed by atoms with van der Waals surface area (Å²) in [6.07, 6.45) is 2.99. The normalized spacial score (nSPS) is 10.0. The van der Waals surface area contributed by atoms with E-state index in [9.17, 15) is 9.18 Å². The van der Waals surface area contributed by atoms with Crippen LogP contribution in [0.5, 0.6) is 0 Å². The maximum atomic E-state index is 12.7. The fourth-order valence-corrected chi connectivity index (χ4v) is 0.889. The highest BCUT2D eigenvalue weighted by atomic mass is 19.1. The summed E-state index contributed by atoms with van der Waals surface area (Å²) in [5.74, 6) is -0.827. The van der Waals surface area contributed by atoms with E-state index < -0.39 is 11.4 Å². The Balaban J connectivity index is 2.96. The minimum Gasteiger partial charge on any atom is -0.293 e. The smallest absolute Gasteiger partial charge is 0.289 e. The summed E-state index contributed by atoms with van der Waals surface area (Å²) in [7, 11) is 0. The number of hydrogen-bond acceptors (Lipinski definition) is 2. The maximum absolute atomic E-state index is 12.7. The first-order valence-electron chi connectivity index (χ1n) is 4.01. The molecule has 0 fully saturated rings. The first-order chi connectivity index (χ1) is 6.15. The molecular formula is C9H11FN2O. The Hall–Kier alpha value is -1.45. The third-order valence-electron chi connectivity index (χ3n) is 1.75. The highest BCUT2D eigenvalue weighted by Crippen LogP contribution is 1.98. The lowest BCUT2D eigenvalue weighted by molar-refractivity contribution is 0.564. The van der Waals surface area contributed by atoms with Crippen molar-refractivity contribution in [3.05, 3.63) is 40.8 Å². The zero-order valence-electron chi connectivity index (χ0n) is 7.46. The zero-order valence-corrected chi connectivity index (χ0v) is 7.46. The standard InChI is InChI=1S/C9H11FN2O/c1-3-7(2)5-12-6-11-4-8(10)9(12)13/h4,6H,2-3,5H2,1H3. The predicted molar refractivity (Wildman–Crippen MR) is 47.9 cm³/mol. The van der Waals surface area contributed by atoms with Crippen LogP contribution >= 0.6 is 0 Å². The van der Waals surface area contributed by atoms with Crippen molar-refractivity contribution in [1.29, 1.82) is 0 Å². The summed E-state index contributed by atoms with van der Waals surface area (Å²) in [6.45, 7) is 5.99. The van der Waals surface area contributed by atoms with Crippen LogP contribution in [0.1, 0.15) is 13.3 Å². The Morgan fingerprint density at radius 2 is 2.46 bits per heavy atom. The van der Waals surface area contributed by atoms with Crippen molar-refractivity contribution in [3.8, 4) is 0 Å². The molecule has 0 saturated heterocycles. The summed E-state index contributed by atoms with van der Waals surface area (Å²) in [4.78, 5) is 14.7. The van der Waals surface area contributed by atoms with Gasteiger partial charge in [0, 0.05) is 6.54 Å². The van der Waals surface area contributed by atoms with E-state index in [1.807, 2.05) is 6.92 Å². The van der Waals surface area contributed by atoms with Crippen LogP contribution < -0.4 is 5.56 Å². The molecule has 0 atom stereocenters. The number of nitrogens with zero attached hydrogens (tertiary/aromatic N) is 2. The lowest BCUT2D eigenvalue weighted by Crippen LogP contribution is -2.23. The first kappa shape index (κ1) is 9.64. The second-order valence-corrected chi connectivity index (χ2v) is 2.78. The van der Waals surface area contributed by atoms with Crippen LogP contribution in [0.25, 0.3) is 0 Å². The summed E-state index contributed by atoms with van der Waals surface area (Å²) in [5.41, 5.74) is 0.221. The molecule has 0 aliphatic rings. The van der Waals surface area contributed by atoms with Crippen molar-refractivity contribution >= 4 is 0 Å². The van der Waals surface area contributed by atoms with Gasteiger partial charge in [-0.05, 0) is 6.42 Å². The van der Waals surface area contributed by atoms with Crippen LogP contribution in [-0.2, 0) is 6.54 Å². The van der Waals surface area contributed by atoms with E-state index >= 15 is 0 Å². The van der Waals surface area contributed by atoms with E-state index in [1.54, 1.807) is 0 Å². The van der Waals surface area contributed by atoms with E-state index in [4.69, 9.17) is 0 Å². The number of rotatable bonds is 3. The number of allylic oxidation sites excluding steroid dienone is 1. The second kappa shape index (κ2) is 3.98. The third kappa shape index (κ3) is 2.24. The van der Waals surface area contributed by atoms with Crippen molar-refractivity contribution in [2.45, 2.75) is 19.9 Å². The molecule has 0 saturated carbocycles. The lowest BCUT2D eigenvalue weighted by atomic mass is 10.2. The fraction of sp³-hybridized carbons (Fsp3) is 0.333. The third-order valence-corrected chi connectivity index (χ3v) is 1.75. The molecule has 0 aliphatic carbocycles. The molecular weight excluding hydrogens is 171 g/mol. The van der Waals surface area contributed by atoms with Crippen molar-refractivity contribution in [2.24, 2.45) is 0 Å². The van der Waals surface area contributed by atoms with Gasteiger partial charge < -0.3 is 0 Å². The van der Waals surface area contributed by atoms with Crippen LogP contribution in [-0.4, -0.2) is 9.55 Å². The molecule has 70 valence electrons. The Morgan fingerprint density at radius 1 is 1.77 bits per heavy atom. The minimum absolute atomic E-state index is 0.333. The molecule has 4 heteroatoms. The highest BCUT2D eigenvalue weighted by Gasteiger charge is 2.02. The van der Waals surface area contributed by atoms with Crippen molar-refractivity contribution in [2.75, 3.05) is 0 Å². The van der Waals surface area contributed by atoms with Gasteiger partial charge in [-0.2, -0.15) is 4.39 Å². The number of hydrogen-bond donors (Lipinski definition) is 0. The van der Waals surface area contributed by atoms with Crippen LogP contribution in [0.4, 0.5) is 4.39 Å². The molecule has 1 rings (SSSR count). The Labute approximate surface area is 75.5 Å². The Morgan fingerprint density at radius 3 is 3.08 bits per heavy atom. The average molecular weight is 182 g/mol. The van der Waals surface area contributed by atoms with Crippen LogP contribution in [0.3, 0.4) is 0 Å². The topological polar surface area (TPSA) is 34.9 Å². The molecule has 1 heterocycles. The molecule has 1 aromatic rings. The molecule has 0 spiro atoms. The SMILES string of the molecule is C=C(CC)Cn1cncc(F)c1=O. The van der Waals surface area contributed by atoms with E-state index in [1.165, 1.54) is 10.9 Å². The van der Waals surface area contributed by atoms with Gasteiger partial charge >= 0.3 is 0 Å². The minimum atomic E-state index is -0.827. The summed E-state index contributed by atoms with van der Waals surface area (Å²) in [5, 5.41) is 0. The van der Waals surface area contributed by atoms with E-state index in [-0.39, 0.29) is 0 Å². The fourth-order valence-electron chi connectivity index (χ4n) is 0.889. The van der Waals surface area contributed by atoms with Gasteiger partial charge in [-0.25, -0.2) is 4.98 Å². The quantitative estimate of drug-likeness (QED) is 0.661. The molecule has 0 bridgehead atoms. The predicted octanol–water partition coefficient (Wildman–Crippen LogP) is 1.35. The largest absolute Gasteiger partial charge is 0.293 e.